The van der Waals surface area contributed by atoms with E-state index < -0.39 is 38.6 Å². The van der Waals surface area contributed by atoms with Crippen molar-refractivity contribution in [3.8, 4) is 0 Å². The van der Waals surface area contributed by atoms with E-state index in [1.807, 2.05) is 0 Å². The highest BCUT2D eigenvalue weighted by Crippen LogP contribution is 2.27. The van der Waals surface area contributed by atoms with Gasteiger partial charge in [0, 0.05) is 12.1 Å². The van der Waals surface area contributed by atoms with E-state index in [-0.39, 0.29) is 6.54 Å². The lowest BCUT2D eigenvalue weighted by Gasteiger charge is -2.32. The number of sulfonamides is 1. The fourth-order valence-electron chi connectivity index (χ4n) is 2.54. The molecular formula is C14H19F2NO3S. The Morgan fingerprint density at radius 2 is 1.71 bits per heavy atom. The van der Waals surface area contributed by atoms with Crippen molar-refractivity contribution in [1.82, 2.24) is 4.72 Å². The van der Waals surface area contributed by atoms with E-state index in [0.29, 0.717) is 12.8 Å². The van der Waals surface area contributed by atoms with Crippen molar-refractivity contribution >= 4 is 10.0 Å². The van der Waals surface area contributed by atoms with Gasteiger partial charge in [-0.15, -0.1) is 0 Å². The van der Waals surface area contributed by atoms with Gasteiger partial charge >= 0.3 is 0 Å². The Labute approximate surface area is 123 Å². The number of benzene rings is 1. The quantitative estimate of drug-likeness (QED) is 0.873. The average Bonchev–Trinajstić information content (AvgIpc) is 2.42. The molecule has 1 saturated carbocycles. The monoisotopic (exact) mass is 319 g/mol. The standard InChI is InChI=1S/C14H19F2NO3S/c15-12-5-4-6-13(16)11(12)9-21(19,20)17-10-14(18)7-2-1-3-8-14/h4-6,17-18H,1-3,7-10H2. The van der Waals surface area contributed by atoms with Crippen LogP contribution in [0.1, 0.15) is 37.7 Å². The highest BCUT2D eigenvalue weighted by molar-refractivity contribution is 7.88. The first-order valence-corrected chi connectivity index (χ1v) is 8.59. The highest BCUT2D eigenvalue weighted by Gasteiger charge is 2.31. The van der Waals surface area contributed by atoms with Crippen LogP contribution in [-0.4, -0.2) is 25.7 Å². The molecule has 2 N–H and O–H groups in total. The Morgan fingerprint density at radius 3 is 2.29 bits per heavy atom. The van der Waals surface area contributed by atoms with Crippen LogP contribution in [0.5, 0.6) is 0 Å². The van der Waals surface area contributed by atoms with Crippen LogP contribution in [-0.2, 0) is 15.8 Å². The maximum atomic E-state index is 13.5. The van der Waals surface area contributed by atoms with E-state index in [1.54, 1.807) is 0 Å². The summed E-state index contributed by atoms with van der Waals surface area (Å²) >= 11 is 0. The third kappa shape index (κ3) is 4.46. The van der Waals surface area contributed by atoms with Gasteiger partial charge < -0.3 is 5.11 Å². The Morgan fingerprint density at radius 1 is 1.14 bits per heavy atom. The van der Waals surface area contributed by atoms with Crippen molar-refractivity contribution in [2.45, 2.75) is 43.5 Å². The van der Waals surface area contributed by atoms with Crippen molar-refractivity contribution in [2.75, 3.05) is 6.54 Å². The summed E-state index contributed by atoms with van der Waals surface area (Å²) in [5.41, 5.74) is -1.54. The van der Waals surface area contributed by atoms with Gasteiger partial charge in [0.15, 0.2) is 0 Å². The summed E-state index contributed by atoms with van der Waals surface area (Å²) in [5.74, 6) is -2.56. The average molecular weight is 319 g/mol. The number of rotatable bonds is 5. The van der Waals surface area contributed by atoms with E-state index in [2.05, 4.69) is 4.72 Å². The number of halogens is 2. The van der Waals surface area contributed by atoms with Gasteiger partial charge in [0.25, 0.3) is 0 Å². The van der Waals surface area contributed by atoms with Crippen LogP contribution in [0, 0.1) is 11.6 Å². The summed E-state index contributed by atoms with van der Waals surface area (Å²) in [6, 6.07) is 3.21. The van der Waals surface area contributed by atoms with Crippen molar-refractivity contribution in [2.24, 2.45) is 0 Å². The molecule has 1 aromatic carbocycles. The van der Waals surface area contributed by atoms with Gasteiger partial charge in [-0.1, -0.05) is 25.3 Å². The first kappa shape index (κ1) is 16.3. The molecule has 0 radical (unpaired) electrons. The topological polar surface area (TPSA) is 66.4 Å². The van der Waals surface area contributed by atoms with Gasteiger partial charge in [0.05, 0.1) is 11.4 Å². The van der Waals surface area contributed by atoms with E-state index in [9.17, 15) is 22.3 Å². The molecule has 2 rings (SSSR count). The first-order chi connectivity index (χ1) is 9.81. The molecule has 0 heterocycles. The largest absolute Gasteiger partial charge is 0.389 e. The Hall–Kier alpha value is -1.05. The van der Waals surface area contributed by atoms with Gasteiger partial charge in [-0.2, -0.15) is 0 Å². The molecule has 118 valence electrons. The highest BCUT2D eigenvalue weighted by atomic mass is 32.2. The van der Waals surface area contributed by atoms with Crippen LogP contribution < -0.4 is 4.72 Å². The summed E-state index contributed by atoms with van der Waals surface area (Å²) in [7, 11) is -3.91. The molecule has 0 unspecified atom stereocenters. The third-order valence-electron chi connectivity index (χ3n) is 3.80. The van der Waals surface area contributed by atoms with Crippen molar-refractivity contribution in [1.29, 1.82) is 0 Å². The maximum absolute atomic E-state index is 13.5. The fourth-order valence-corrected chi connectivity index (χ4v) is 3.79. The molecular weight excluding hydrogens is 300 g/mol. The molecule has 0 saturated heterocycles. The minimum atomic E-state index is -3.91. The Balaban J connectivity index is 2.02. The molecule has 0 aromatic heterocycles. The number of hydrogen-bond donors (Lipinski definition) is 2. The summed E-state index contributed by atoms with van der Waals surface area (Å²) in [5, 5.41) is 10.2. The Bertz CT molecular complexity index is 578. The van der Waals surface area contributed by atoms with E-state index >= 15 is 0 Å². The lowest BCUT2D eigenvalue weighted by atomic mass is 9.85. The van der Waals surface area contributed by atoms with Crippen LogP contribution in [0.15, 0.2) is 18.2 Å². The summed E-state index contributed by atoms with van der Waals surface area (Å²) in [4.78, 5) is 0. The molecule has 1 aliphatic rings. The van der Waals surface area contributed by atoms with Crippen LogP contribution in [0.25, 0.3) is 0 Å². The van der Waals surface area contributed by atoms with Crippen LogP contribution in [0.2, 0.25) is 0 Å². The second kappa shape index (κ2) is 6.37. The molecule has 0 amide bonds. The fraction of sp³-hybridized carbons (Fsp3) is 0.571. The van der Waals surface area contributed by atoms with Crippen molar-refractivity contribution in [3.05, 3.63) is 35.4 Å². The number of aliphatic hydroxyl groups is 1. The molecule has 0 atom stereocenters. The van der Waals surface area contributed by atoms with Gasteiger partial charge in [-0.05, 0) is 25.0 Å². The molecule has 0 bridgehead atoms. The smallest absolute Gasteiger partial charge is 0.216 e. The lowest BCUT2D eigenvalue weighted by molar-refractivity contribution is 0.00944. The zero-order chi connectivity index (χ0) is 15.5. The Kier molecular flexibility index (Phi) is 4.95. The number of nitrogens with one attached hydrogen (secondary N) is 1. The van der Waals surface area contributed by atoms with Crippen molar-refractivity contribution in [3.63, 3.8) is 0 Å². The summed E-state index contributed by atoms with van der Waals surface area (Å²) < 4.78 is 53.1. The minimum absolute atomic E-state index is 0.120. The van der Waals surface area contributed by atoms with Crippen LogP contribution >= 0.6 is 0 Å². The summed E-state index contributed by atoms with van der Waals surface area (Å²) in [6.45, 7) is -0.120. The van der Waals surface area contributed by atoms with E-state index in [0.717, 1.165) is 31.4 Å². The van der Waals surface area contributed by atoms with Gasteiger partial charge in [-0.25, -0.2) is 21.9 Å². The molecule has 4 nitrogen and oxygen atoms in total. The zero-order valence-corrected chi connectivity index (χ0v) is 12.4. The van der Waals surface area contributed by atoms with Crippen molar-refractivity contribution < 1.29 is 22.3 Å². The predicted octanol–water partition coefficient (Wildman–Crippen LogP) is 2.08. The first-order valence-electron chi connectivity index (χ1n) is 6.94. The molecule has 0 aliphatic heterocycles. The molecule has 1 aromatic rings. The maximum Gasteiger partial charge on any atom is 0.216 e. The SMILES string of the molecule is O=S(=O)(Cc1c(F)cccc1F)NCC1(O)CCCCC1. The van der Waals surface area contributed by atoms with Gasteiger partial charge in [0.2, 0.25) is 10.0 Å². The molecule has 7 heteroatoms. The van der Waals surface area contributed by atoms with E-state index in [1.165, 1.54) is 6.07 Å². The van der Waals surface area contributed by atoms with Gasteiger partial charge in [-0.3, -0.25) is 0 Å². The second-order valence-corrected chi connectivity index (χ2v) is 7.37. The third-order valence-corrected chi connectivity index (χ3v) is 5.05. The lowest BCUT2D eigenvalue weighted by Crippen LogP contribution is -2.44. The van der Waals surface area contributed by atoms with Crippen LogP contribution in [0.4, 0.5) is 8.78 Å². The van der Waals surface area contributed by atoms with Crippen LogP contribution in [0.3, 0.4) is 0 Å². The van der Waals surface area contributed by atoms with Gasteiger partial charge in [0.1, 0.15) is 11.6 Å². The van der Waals surface area contributed by atoms with E-state index in [4.69, 9.17) is 0 Å². The predicted molar refractivity (Wildman–Crippen MR) is 75.0 cm³/mol. The second-order valence-electron chi connectivity index (χ2n) is 5.57. The normalized spacial score (nSPS) is 18.6. The molecule has 1 aliphatic carbocycles. The molecule has 0 spiro atoms. The molecule has 21 heavy (non-hydrogen) atoms. The molecule has 1 fully saturated rings. The number of hydrogen-bond acceptors (Lipinski definition) is 3. The minimum Gasteiger partial charge on any atom is -0.389 e. The zero-order valence-electron chi connectivity index (χ0n) is 11.6. The summed E-state index contributed by atoms with van der Waals surface area (Å²) in [6.07, 6.45) is 3.78.